The Morgan fingerprint density at radius 1 is 1.22 bits per heavy atom. The lowest BCUT2D eigenvalue weighted by molar-refractivity contribution is 0.103. The van der Waals surface area contributed by atoms with Gasteiger partial charge in [0.2, 0.25) is 0 Å². The maximum absolute atomic E-state index is 12.3. The monoisotopic (exact) mass is 241 g/mol. The molecule has 0 aliphatic rings. The van der Waals surface area contributed by atoms with Crippen molar-refractivity contribution in [2.75, 3.05) is 6.61 Å². The van der Waals surface area contributed by atoms with E-state index >= 15 is 0 Å². The molecule has 0 atom stereocenters. The Bertz CT molecular complexity index is 547. The number of aryl methyl sites for hydroxylation is 1. The van der Waals surface area contributed by atoms with E-state index < -0.39 is 0 Å². The van der Waals surface area contributed by atoms with Crippen molar-refractivity contribution in [1.82, 2.24) is 4.98 Å². The number of carbonyl (C=O) groups excluding carboxylic acids is 1. The van der Waals surface area contributed by atoms with E-state index in [4.69, 9.17) is 4.74 Å². The number of hydrogen-bond acceptors (Lipinski definition) is 3. The van der Waals surface area contributed by atoms with Gasteiger partial charge in [0, 0.05) is 23.5 Å². The number of pyridine rings is 1. The average molecular weight is 241 g/mol. The Kier molecular flexibility index (Phi) is 3.72. The number of ether oxygens (including phenoxy) is 1. The van der Waals surface area contributed by atoms with Gasteiger partial charge in [0.1, 0.15) is 5.75 Å². The summed E-state index contributed by atoms with van der Waals surface area (Å²) in [4.78, 5) is 16.3. The van der Waals surface area contributed by atoms with Gasteiger partial charge in [-0.3, -0.25) is 9.78 Å². The van der Waals surface area contributed by atoms with Gasteiger partial charge in [-0.25, -0.2) is 0 Å². The van der Waals surface area contributed by atoms with Crippen LogP contribution >= 0.6 is 0 Å². The van der Waals surface area contributed by atoms with E-state index in [0.29, 0.717) is 17.7 Å². The van der Waals surface area contributed by atoms with Gasteiger partial charge >= 0.3 is 0 Å². The number of rotatable bonds is 4. The first kappa shape index (κ1) is 12.3. The fraction of sp³-hybridized carbons (Fsp3) is 0.200. The second-order valence-corrected chi connectivity index (χ2v) is 3.98. The van der Waals surface area contributed by atoms with Crippen molar-refractivity contribution in [2.24, 2.45) is 0 Å². The molecule has 0 saturated carbocycles. The first-order valence-corrected chi connectivity index (χ1v) is 5.90. The van der Waals surface area contributed by atoms with Crippen LogP contribution in [0, 0.1) is 6.92 Å². The zero-order valence-corrected chi connectivity index (χ0v) is 10.5. The number of nitrogens with zero attached hydrogens (tertiary/aromatic N) is 1. The van der Waals surface area contributed by atoms with Crippen molar-refractivity contribution in [3.63, 3.8) is 0 Å². The highest BCUT2D eigenvalue weighted by Gasteiger charge is 2.11. The number of ketones is 1. The van der Waals surface area contributed by atoms with Gasteiger partial charge < -0.3 is 4.74 Å². The zero-order valence-electron chi connectivity index (χ0n) is 10.5. The summed E-state index contributed by atoms with van der Waals surface area (Å²) in [6, 6.07) is 8.94. The molecule has 0 bridgehead atoms. The summed E-state index contributed by atoms with van der Waals surface area (Å²) in [5.41, 5.74) is 2.23. The van der Waals surface area contributed by atoms with E-state index in [1.165, 1.54) is 0 Å². The van der Waals surface area contributed by atoms with E-state index in [-0.39, 0.29) is 5.78 Å². The number of benzene rings is 1. The van der Waals surface area contributed by atoms with Crippen molar-refractivity contribution in [2.45, 2.75) is 13.8 Å². The minimum atomic E-state index is 0.0120. The van der Waals surface area contributed by atoms with Crippen LogP contribution in [0.15, 0.2) is 42.7 Å². The molecule has 0 fully saturated rings. The lowest BCUT2D eigenvalue weighted by atomic mass is 10.0. The van der Waals surface area contributed by atoms with E-state index in [1.54, 1.807) is 30.6 Å². The molecule has 3 nitrogen and oxygen atoms in total. The van der Waals surface area contributed by atoms with Crippen LogP contribution in [0.25, 0.3) is 0 Å². The fourth-order valence-electron chi connectivity index (χ4n) is 1.75. The Balaban J connectivity index is 2.27. The lowest BCUT2D eigenvalue weighted by Gasteiger charge is -2.06. The normalized spacial score (nSPS) is 10.1. The van der Waals surface area contributed by atoms with Crippen LogP contribution < -0.4 is 4.74 Å². The van der Waals surface area contributed by atoms with Gasteiger partial charge in [0.25, 0.3) is 0 Å². The molecule has 0 aliphatic carbocycles. The highest BCUT2D eigenvalue weighted by molar-refractivity contribution is 6.09. The van der Waals surface area contributed by atoms with Crippen LogP contribution in [0.1, 0.15) is 28.4 Å². The molecule has 0 aliphatic heterocycles. The summed E-state index contributed by atoms with van der Waals surface area (Å²) in [7, 11) is 0. The third-order valence-corrected chi connectivity index (χ3v) is 2.69. The van der Waals surface area contributed by atoms with Crippen LogP contribution in [0.3, 0.4) is 0 Å². The van der Waals surface area contributed by atoms with Crippen LogP contribution in [-0.2, 0) is 0 Å². The molecular formula is C15H15NO2. The Morgan fingerprint density at radius 3 is 2.56 bits per heavy atom. The van der Waals surface area contributed by atoms with E-state index in [2.05, 4.69) is 4.98 Å². The first-order valence-electron chi connectivity index (χ1n) is 5.90. The van der Waals surface area contributed by atoms with Crippen molar-refractivity contribution >= 4 is 5.78 Å². The molecule has 0 N–H and O–H groups in total. The SMILES string of the molecule is CCOc1ccc(C(=O)c2ccncc2C)cc1. The van der Waals surface area contributed by atoms with Crippen molar-refractivity contribution in [3.05, 3.63) is 59.4 Å². The van der Waals surface area contributed by atoms with Crippen LogP contribution in [-0.4, -0.2) is 17.4 Å². The molecule has 2 aromatic rings. The molecule has 18 heavy (non-hydrogen) atoms. The molecule has 0 amide bonds. The maximum atomic E-state index is 12.3. The molecule has 1 heterocycles. The molecule has 2 rings (SSSR count). The molecule has 1 aromatic carbocycles. The number of carbonyl (C=O) groups is 1. The Labute approximate surface area is 106 Å². The highest BCUT2D eigenvalue weighted by Crippen LogP contribution is 2.16. The zero-order chi connectivity index (χ0) is 13.0. The third kappa shape index (κ3) is 2.56. The summed E-state index contributed by atoms with van der Waals surface area (Å²) >= 11 is 0. The molecule has 1 aromatic heterocycles. The van der Waals surface area contributed by atoms with E-state index in [0.717, 1.165) is 11.3 Å². The van der Waals surface area contributed by atoms with Crippen molar-refractivity contribution in [3.8, 4) is 5.75 Å². The molecule has 0 unspecified atom stereocenters. The molecule has 3 heteroatoms. The summed E-state index contributed by atoms with van der Waals surface area (Å²) in [6.07, 6.45) is 3.33. The van der Waals surface area contributed by atoms with Crippen molar-refractivity contribution < 1.29 is 9.53 Å². The van der Waals surface area contributed by atoms with Crippen LogP contribution in [0.2, 0.25) is 0 Å². The predicted molar refractivity (Wildman–Crippen MR) is 70.0 cm³/mol. The third-order valence-electron chi connectivity index (χ3n) is 2.69. The fourth-order valence-corrected chi connectivity index (χ4v) is 1.75. The number of hydrogen-bond donors (Lipinski definition) is 0. The second-order valence-electron chi connectivity index (χ2n) is 3.98. The topological polar surface area (TPSA) is 39.2 Å². The quantitative estimate of drug-likeness (QED) is 0.772. The molecule has 0 radical (unpaired) electrons. The minimum absolute atomic E-state index is 0.0120. The standard InChI is InChI=1S/C15H15NO2/c1-3-18-13-6-4-12(5-7-13)15(17)14-8-9-16-10-11(14)2/h4-10H,3H2,1-2H3. The number of aromatic nitrogens is 1. The predicted octanol–water partition coefficient (Wildman–Crippen LogP) is 3.02. The summed E-state index contributed by atoms with van der Waals surface area (Å²) < 4.78 is 5.35. The minimum Gasteiger partial charge on any atom is -0.494 e. The molecular weight excluding hydrogens is 226 g/mol. The first-order chi connectivity index (χ1) is 8.72. The van der Waals surface area contributed by atoms with Gasteiger partial charge in [0.05, 0.1) is 6.61 Å². The highest BCUT2D eigenvalue weighted by atomic mass is 16.5. The van der Waals surface area contributed by atoms with Crippen molar-refractivity contribution in [1.29, 1.82) is 0 Å². The van der Waals surface area contributed by atoms with Gasteiger partial charge in [-0.05, 0) is 49.7 Å². The Morgan fingerprint density at radius 2 is 1.94 bits per heavy atom. The van der Waals surface area contributed by atoms with Crippen LogP contribution in [0.5, 0.6) is 5.75 Å². The molecule has 0 saturated heterocycles. The van der Waals surface area contributed by atoms with Gasteiger partial charge in [-0.2, -0.15) is 0 Å². The van der Waals surface area contributed by atoms with Crippen LogP contribution in [0.4, 0.5) is 0 Å². The second kappa shape index (κ2) is 5.45. The van der Waals surface area contributed by atoms with Gasteiger partial charge in [-0.1, -0.05) is 0 Å². The molecule has 0 spiro atoms. The van der Waals surface area contributed by atoms with Gasteiger partial charge in [-0.15, -0.1) is 0 Å². The average Bonchev–Trinajstić information content (AvgIpc) is 2.40. The summed E-state index contributed by atoms with van der Waals surface area (Å²) in [5.74, 6) is 0.790. The molecule has 92 valence electrons. The van der Waals surface area contributed by atoms with E-state index in [1.807, 2.05) is 26.0 Å². The van der Waals surface area contributed by atoms with Gasteiger partial charge in [0.15, 0.2) is 5.78 Å². The summed E-state index contributed by atoms with van der Waals surface area (Å²) in [5, 5.41) is 0. The maximum Gasteiger partial charge on any atom is 0.193 e. The smallest absolute Gasteiger partial charge is 0.193 e. The largest absolute Gasteiger partial charge is 0.494 e. The Hall–Kier alpha value is -2.16. The lowest BCUT2D eigenvalue weighted by Crippen LogP contribution is -2.04. The summed E-state index contributed by atoms with van der Waals surface area (Å²) in [6.45, 7) is 4.44. The van der Waals surface area contributed by atoms with E-state index in [9.17, 15) is 4.79 Å².